The molecule has 0 atom stereocenters. The second-order valence-corrected chi connectivity index (χ2v) is 6.03. The van der Waals surface area contributed by atoms with Gasteiger partial charge in [-0.15, -0.1) is 0 Å². The number of rotatable bonds is 4. The molecule has 0 spiro atoms. The molecule has 1 aliphatic rings. The summed E-state index contributed by atoms with van der Waals surface area (Å²) in [5, 5.41) is 11.2. The van der Waals surface area contributed by atoms with Gasteiger partial charge in [0.1, 0.15) is 11.4 Å². The Kier molecular flexibility index (Phi) is 4.21. The van der Waals surface area contributed by atoms with Crippen molar-refractivity contribution in [2.45, 2.75) is 18.4 Å². The van der Waals surface area contributed by atoms with Crippen molar-refractivity contribution < 1.29 is 18.4 Å². The number of carbonyl (C=O) groups excluding carboxylic acids is 1. The number of hydrogen-bond donors (Lipinski definition) is 1. The quantitative estimate of drug-likeness (QED) is 0.765. The summed E-state index contributed by atoms with van der Waals surface area (Å²) in [4.78, 5) is 16.8. The van der Waals surface area contributed by atoms with E-state index >= 15 is 0 Å². The first-order valence-electron chi connectivity index (χ1n) is 8.15. The molecule has 1 N–H and O–H groups in total. The molecule has 0 unspecified atom stereocenters. The van der Waals surface area contributed by atoms with Gasteiger partial charge in [-0.3, -0.25) is 4.79 Å². The van der Waals surface area contributed by atoms with Gasteiger partial charge in [0, 0.05) is 32.3 Å². The normalized spacial score (nSPS) is 16.3. The Morgan fingerprint density at radius 2 is 1.96 bits per heavy atom. The van der Waals surface area contributed by atoms with Crippen LogP contribution in [0.3, 0.4) is 0 Å². The molecule has 134 valence electrons. The molecule has 2 aromatic heterocycles. The summed E-state index contributed by atoms with van der Waals surface area (Å²) < 4.78 is 24.8. The van der Waals surface area contributed by atoms with Crippen LogP contribution in [0.4, 0.5) is 4.39 Å². The number of ether oxygens (including phenoxy) is 1. The third kappa shape index (κ3) is 3.08. The molecule has 3 heterocycles. The zero-order chi connectivity index (χ0) is 18.0. The summed E-state index contributed by atoms with van der Waals surface area (Å²) in [5.74, 6) is -0.259. The Bertz CT molecular complexity index is 886. The van der Waals surface area contributed by atoms with Crippen molar-refractivity contribution in [3.63, 3.8) is 0 Å². The number of nitrogens with zero attached hydrogens (tertiary/aromatic N) is 4. The molecular formula is C17H16FN5O3. The van der Waals surface area contributed by atoms with Crippen LogP contribution in [-0.4, -0.2) is 39.0 Å². The molecule has 26 heavy (non-hydrogen) atoms. The van der Waals surface area contributed by atoms with Crippen molar-refractivity contribution in [2.24, 2.45) is 0 Å². The predicted molar refractivity (Wildman–Crippen MR) is 87.0 cm³/mol. The molecular weight excluding hydrogens is 341 g/mol. The predicted octanol–water partition coefficient (Wildman–Crippen LogP) is 1.83. The maximum Gasteiger partial charge on any atom is 0.272 e. The first-order valence-corrected chi connectivity index (χ1v) is 8.15. The fourth-order valence-electron chi connectivity index (χ4n) is 2.97. The summed E-state index contributed by atoms with van der Waals surface area (Å²) in [6, 6.07) is 7.45. The fraction of sp³-hybridized carbons (Fsp3) is 0.294. The number of aromatic nitrogens is 4. The van der Waals surface area contributed by atoms with Crippen molar-refractivity contribution >= 4 is 5.91 Å². The Balaban J connectivity index is 1.56. The molecule has 9 heteroatoms. The maximum absolute atomic E-state index is 13.0. The first-order chi connectivity index (χ1) is 12.7. The van der Waals surface area contributed by atoms with E-state index in [1.54, 1.807) is 24.4 Å². The highest BCUT2D eigenvalue weighted by Crippen LogP contribution is 2.30. The molecule has 1 aliphatic heterocycles. The molecule has 3 aromatic rings. The van der Waals surface area contributed by atoms with E-state index in [2.05, 4.69) is 20.6 Å². The number of benzene rings is 1. The lowest BCUT2D eigenvalue weighted by Gasteiger charge is -2.34. The van der Waals surface area contributed by atoms with Gasteiger partial charge in [-0.05, 0) is 30.3 Å². The minimum Gasteiger partial charge on any atom is -0.381 e. The van der Waals surface area contributed by atoms with Gasteiger partial charge in [0.25, 0.3) is 5.91 Å². The summed E-state index contributed by atoms with van der Waals surface area (Å²) in [7, 11) is 0. The summed E-state index contributed by atoms with van der Waals surface area (Å²) in [6.07, 6.45) is 3.96. The minimum atomic E-state index is -0.748. The molecule has 0 aliphatic carbocycles. The Morgan fingerprint density at radius 3 is 2.65 bits per heavy atom. The van der Waals surface area contributed by atoms with Gasteiger partial charge in [0.2, 0.25) is 6.39 Å². The van der Waals surface area contributed by atoms with Crippen molar-refractivity contribution in [3.8, 4) is 5.69 Å². The van der Waals surface area contributed by atoms with E-state index in [9.17, 15) is 9.18 Å². The third-order valence-electron chi connectivity index (χ3n) is 4.40. The SMILES string of the molecule is O=C(NC1(c2ncon2)CCOCC1)c1ccn(-c2ccc(F)cc2)n1. The average Bonchev–Trinajstić information content (AvgIpc) is 3.36. The average molecular weight is 357 g/mol. The number of amides is 1. The van der Waals surface area contributed by atoms with Crippen molar-refractivity contribution in [1.29, 1.82) is 0 Å². The van der Waals surface area contributed by atoms with Gasteiger partial charge in [-0.2, -0.15) is 10.1 Å². The third-order valence-corrected chi connectivity index (χ3v) is 4.40. The van der Waals surface area contributed by atoms with Crippen LogP contribution in [0.2, 0.25) is 0 Å². The zero-order valence-electron chi connectivity index (χ0n) is 13.8. The van der Waals surface area contributed by atoms with E-state index in [0.29, 0.717) is 37.6 Å². The monoisotopic (exact) mass is 357 g/mol. The minimum absolute atomic E-state index is 0.240. The van der Waals surface area contributed by atoms with Crippen molar-refractivity contribution in [1.82, 2.24) is 25.2 Å². The van der Waals surface area contributed by atoms with Crippen LogP contribution in [0.1, 0.15) is 29.2 Å². The van der Waals surface area contributed by atoms with Gasteiger partial charge < -0.3 is 14.6 Å². The van der Waals surface area contributed by atoms with Crippen LogP contribution in [0.5, 0.6) is 0 Å². The van der Waals surface area contributed by atoms with Crippen LogP contribution in [-0.2, 0) is 10.3 Å². The van der Waals surface area contributed by atoms with Gasteiger partial charge in [-0.25, -0.2) is 9.07 Å². The Morgan fingerprint density at radius 1 is 1.19 bits per heavy atom. The van der Waals surface area contributed by atoms with Gasteiger partial charge in [0.05, 0.1) is 5.69 Å². The number of nitrogens with one attached hydrogen (secondary N) is 1. The van der Waals surface area contributed by atoms with E-state index in [-0.39, 0.29) is 17.4 Å². The largest absolute Gasteiger partial charge is 0.381 e. The highest BCUT2D eigenvalue weighted by Gasteiger charge is 2.40. The van der Waals surface area contributed by atoms with Crippen LogP contribution < -0.4 is 5.32 Å². The first kappa shape index (κ1) is 16.4. The van der Waals surface area contributed by atoms with E-state index < -0.39 is 5.54 Å². The number of halogens is 1. The van der Waals surface area contributed by atoms with Crippen LogP contribution in [0.25, 0.3) is 5.69 Å². The molecule has 0 radical (unpaired) electrons. The lowest BCUT2D eigenvalue weighted by Crippen LogP contribution is -2.50. The molecule has 0 bridgehead atoms. The molecule has 1 amide bonds. The lowest BCUT2D eigenvalue weighted by atomic mass is 9.89. The standard InChI is InChI=1S/C17H16FN5O3/c18-12-1-3-13(4-2-12)23-8-5-14(21-23)15(24)20-17(6-9-25-10-7-17)16-19-11-26-22-16/h1-5,8,11H,6-7,9-10H2,(H,20,24). The van der Waals surface area contributed by atoms with E-state index in [4.69, 9.17) is 9.26 Å². The molecule has 4 rings (SSSR count). The van der Waals surface area contributed by atoms with Gasteiger partial charge in [0.15, 0.2) is 11.5 Å². The van der Waals surface area contributed by atoms with E-state index in [1.165, 1.54) is 23.2 Å². The topological polar surface area (TPSA) is 95.1 Å². The van der Waals surface area contributed by atoms with Gasteiger partial charge >= 0.3 is 0 Å². The van der Waals surface area contributed by atoms with Crippen LogP contribution >= 0.6 is 0 Å². The maximum atomic E-state index is 13.0. The zero-order valence-corrected chi connectivity index (χ0v) is 13.8. The van der Waals surface area contributed by atoms with Gasteiger partial charge in [-0.1, -0.05) is 5.16 Å². The van der Waals surface area contributed by atoms with Crippen LogP contribution in [0, 0.1) is 5.82 Å². The molecule has 1 fully saturated rings. The van der Waals surface area contributed by atoms with E-state index in [0.717, 1.165) is 0 Å². The molecule has 1 aromatic carbocycles. The smallest absolute Gasteiger partial charge is 0.272 e. The van der Waals surface area contributed by atoms with Crippen LogP contribution in [0.15, 0.2) is 47.4 Å². The number of hydrogen-bond acceptors (Lipinski definition) is 6. The number of carbonyl (C=O) groups is 1. The highest BCUT2D eigenvalue weighted by molar-refractivity contribution is 5.92. The second kappa shape index (κ2) is 6.68. The van der Waals surface area contributed by atoms with E-state index in [1.807, 2.05) is 0 Å². The Hall–Kier alpha value is -3.07. The molecule has 8 nitrogen and oxygen atoms in total. The second-order valence-electron chi connectivity index (χ2n) is 6.03. The Labute approximate surface area is 148 Å². The summed E-state index contributed by atoms with van der Waals surface area (Å²) in [5.41, 5.74) is 0.148. The fourth-order valence-corrected chi connectivity index (χ4v) is 2.97. The molecule has 1 saturated heterocycles. The summed E-state index contributed by atoms with van der Waals surface area (Å²) in [6.45, 7) is 0.970. The lowest BCUT2D eigenvalue weighted by molar-refractivity contribution is 0.0304. The van der Waals surface area contributed by atoms with Crippen molar-refractivity contribution in [2.75, 3.05) is 13.2 Å². The highest BCUT2D eigenvalue weighted by atomic mass is 19.1. The molecule has 0 saturated carbocycles. The van der Waals surface area contributed by atoms with Crippen molar-refractivity contribution in [3.05, 3.63) is 60.3 Å². The summed E-state index contributed by atoms with van der Waals surface area (Å²) >= 11 is 0.